The molecule has 0 aliphatic carbocycles. The second-order valence-electron chi connectivity index (χ2n) is 3.93. The molecule has 2 aromatic rings. The topological polar surface area (TPSA) is 34.1 Å². The molecular weight excluding hydrogens is 220 g/mol. The Bertz CT molecular complexity index is 422. The van der Waals surface area contributed by atoms with Crippen molar-refractivity contribution in [3.05, 3.63) is 24.3 Å². The van der Waals surface area contributed by atoms with Crippen LogP contribution in [0.2, 0.25) is 0 Å². The number of ether oxygens (including phenoxy) is 1. The van der Waals surface area contributed by atoms with Crippen molar-refractivity contribution in [2.24, 2.45) is 5.92 Å². The smallest absolute Gasteiger partial charge is 0.183 e. The minimum atomic E-state index is 0.497. The first-order valence-electron chi connectivity index (χ1n) is 5.38. The summed E-state index contributed by atoms with van der Waals surface area (Å²) in [4.78, 5) is 4.51. The molecule has 1 unspecified atom stereocenters. The third-order valence-corrected chi connectivity index (χ3v) is 3.34. The van der Waals surface area contributed by atoms with Gasteiger partial charge in [0.05, 0.1) is 16.8 Å². The average molecular weight is 236 g/mol. The van der Waals surface area contributed by atoms with Crippen LogP contribution in [0.15, 0.2) is 24.3 Å². The first-order chi connectivity index (χ1) is 7.79. The molecule has 1 atom stereocenters. The molecule has 1 N–H and O–H groups in total. The minimum absolute atomic E-state index is 0.497. The number of aromatic nitrogens is 1. The molecule has 86 valence electrons. The number of nitrogens with zero attached hydrogens (tertiary/aromatic N) is 1. The van der Waals surface area contributed by atoms with Crippen LogP contribution in [0, 0.1) is 5.92 Å². The highest BCUT2D eigenvalue weighted by Crippen LogP contribution is 2.25. The first kappa shape index (κ1) is 11.4. The maximum absolute atomic E-state index is 5.09. The summed E-state index contributed by atoms with van der Waals surface area (Å²) in [5.41, 5.74) is 1.06. The van der Waals surface area contributed by atoms with Crippen molar-refractivity contribution in [1.82, 2.24) is 4.98 Å². The van der Waals surface area contributed by atoms with E-state index in [-0.39, 0.29) is 0 Å². The van der Waals surface area contributed by atoms with Gasteiger partial charge in [0.1, 0.15) is 0 Å². The predicted octanol–water partition coefficient (Wildman–Crippen LogP) is 2.99. The van der Waals surface area contributed by atoms with Gasteiger partial charge in [0.25, 0.3) is 0 Å². The van der Waals surface area contributed by atoms with Gasteiger partial charge in [0, 0.05) is 13.7 Å². The van der Waals surface area contributed by atoms with E-state index in [0.717, 1.165) is 23.8 Å². The summed E-state index contributed by atoms with van der Waals surface area (Å²) in [5, 5.41) is 4.34. The first-order valence-corrected chi connectivity index (χ1v) is 6.19. The maximum Gasteiger partial charge on any atom is 0.183 e. The number of rotatable bonds is 5. The van der Waals surface area contributed by atoms with Crippen molar-refractivity contribution in [1.29, 1.82) is 0 Å². The summed E-state index contributed by atoms with van der Waals surface area (Å²) in [6.45, 7) is 3.83. The van der Waals surface area contributed by atoms with Crippen LogP contribution in [0.1, 0.15) is 6.92 Å². The highest BCUT2D eigenvalue weighted by molar-refractivity contribution is 7.22. The van der Waals surface area contributed by atoms with Gasteiger partial charge in [-0.1, -0.05) is 30.4 Å². The number of hydrogen-bond acceptors (Lipinski definition) is 4. The van der Waals surface area contributed by atoms with Gasteiger partial charge in [-0.15, -0.1) is 0 Å². The van der Waals surface area contributed by atoms with Crippen LogP contribution in [-0.4, -0.2) is 25.2 Å². The van der Waals surface area contributed by atoms with Crippen LogP contribution >= 0.6 is 11.3 Å². The zero-order chi connectivity index (χ0) is 11.4. The van der Waals surface area contributed by atoms with E-state index in [9.17, 15) is 0 Å². The monoisotopic (exact) mass is 236 g/mol. The molecule has 1 aromatic heterocycles. The molecule has 16 heavy (non-hydrogen) atoms. The van der Waals surface area contributed by atoms with Crippen LogP contribution in [0.3, 0.4) is 0 Å². The van der Waals surface area contributed by atoms with E-state index in [1.54, 1.807) is 18.4 Å². The minimum Gasteiger partial charge on any atom is -0.384 e. The lowest BCUT2D eigenvalue weighted by Gasteiger charge is -2.09. The summed E-state index contributed by atoms with van der Waals surface area (Å²) in [5.74, 6) is 0.497. The summed E-state index contributed by atoms with van der Waals surface area (Å²) in [7, 11) is 1.73. The van der Waals surface area contributed by atoms with Gasteiger partial charge >= 0.3 is 0 Å². The fraction of sp³-hybridized carbons (Fsp3) is 0.417. The molecule has 4 heteroatoms. The molecule has 0 saturated heterocycles. The van der Waals surface area contributed by atoms with Gasteiger partial charge in [-0.25, -0.2) is 4.98 Å². The second-order valence-corrected chi connectivity index (χ2v) is 4.96. The van der Waals surface area contributed by atoms with E-state index < -0.39 is 0 Å². The van der Waals surface area contributed by atoms with Gasteiger partial charge < -0.3 is 10.1 Å². The molecule has 3 nitrogen and oxygen atoms in total. The summed E-state index contributed by atoms with van der Waals surface area (Å²) in [6, 6.07) is 8.18. The van der Waals surface area contributed by atoms with E-state index in [2.05, 4.69) is 23.3 Å². The number of anilines is 1. The fourth-order valence-electron chi connectivity index (χ4n) is 1.55. The lowest BCUT2D eigenvalue weighted by Crippen LogP contribution is -2.15. The highest BCUT2D eigenvalue weighted by atomic mass is 32.1. The number of hydrogen-bond donors (Lipinski definition) is 1. The Morgan fingerprint density at radius 1 is 1.44 bits per heavy atom. The molecule has 0 fully saturated rings. The van der Waals surface area contributed by atoms with Gasteiger partial charge in [0.2, 0.25) is 0 Å². The second kappa shape index (κ2) is 5.27. The largest absolute Gasteiger partial charge is 0.384 e. The van der Waals surface area contributed by atoms with Crippen LogP contribution < -0.4 is 5.32 Å². The molecule has 0 aliphatic heterocycles. The van der Waals surface area contributed by atoms with Crippen LogP contribution in [0.25, 0.3) is 10.2 Å². The molecule has 0 aliphatic rings. The Balaban J connectivity index is 1.99. The molecule has 2 rings (SSSR count). The number of benzene rings is 1. The number of thiazole rings is 1. The van der Waals surface area contributed by atoms with Crippen molar-refractivity contribution in [2.75, 3.05) is 25.6 Å². The molecule has 1 aromatic carbocycles. The lowest BCUT2D eigenvalue weighted by atomic mass is 10.2. The summed E-state index contributed by atoms with van der Waals surface area (Å²) < 4.78 is 6.32. The predicted molar refractivity (Wildman–Crippen MR) is 69.1 cm³/mol. The van der Waals surface area contributed by atoms with Gasteiger partial charge in [-0.05, 0) is 18.1 Å². The van der Waals surface area contributed by atoms with E-state index >= 15 is 0 Å². The Morgan fingerprint density at radius 2 is 2.25 bits per heavy atom. The van der Waals surface area contributed by atoms with Crippen LogP contribution in [0.4, 0.5) is 5.13 Å². The molecule has 0 radical (unpaired) electrons. The SMILES string of the molecule is COCC(C)CNc1nc2ccccc2s1. The molecule has 0 amide bonds. The molecular formula is C12H16N2OS. The Labute approximate surface area is 99.5 Å². The van der Waals surface area contributed by atoms with Crippen molar-refractivity contribution < 1.29 is 4.74 Å². The number of nitrogens with one attached hydrogen (secondary N) is 1. The molecule has 0 spiro atoms. The van der Waals surface area contributed by atoms with E-state index in [1.165, 1.54) is 4.70 Å². The quantitative estimate of drug-likeness (QED) is 0.866. The molecule has 1 heterocycles. The molecule has 0 bridgehead atoms. The fourth-order valence-corrected chi connectivity index (χ4v) is 2.43. The summed E-state index contributed by atoms with van der Waals surface area (Å²) in [6.07, 6.45) is 0. The lowest BCUT2D eigenvalue weighted by molar-refractivity contribution is 0.164. The van der Waals surface area contributed by atoms with E-state index in [4.69, 9.17) is 4.74 Å². The average Bonchev–Trinajstić information content (AvgIpc) is 2.69. The normalized spacial score (nSPS) is 12.9. The van der Waals surface area contributed by atoms with Crippen molar-refractivity contribution in [3.63, 3.8) is 0 Å². The third-order valence-electron chi connectivity index (χ3n) is 2.35. The standard InChI is InChI=1S/C12H16N2OS/c1-9(8-15-2)7-13-12-14-10-5-3-4-6-11(10)16-12/h3-6,9H,7-8H2,1-2H3,(H,13,14). The number of para-hydroxylation sites is 1. The zero-order valence-electron chi connectivity index (χ0n) is 9.56. The van der Waals surface area contributed by atoms with Crippen LogP contribution in [0.5, 0.6) is 0 Å². The molecule has 0 saturated carbocycles. The van der Waals surface area contributed by atoms with Gasteiger partial charge in [-0.3, -0.25) is 0 Å². The van der Waals surface area contributed by atoms with E-state index in [0.29, 0.717) is 5.92 Å². The number of methoxy groups -OCH3 is 1. The maximum atomic E-state index is 5.09. The van der Waals surface area contributed by atoms with Crippen molar-refractivity contribution >= 4 is 26.7 Å². The highest BCUT2D eigenvalue weighted by Gasteiger charge is 2.05. The summed E-state index contributed by atoms with van der Waals surface area (Å²) >= 11 is 1.69. The zero-order valence-corrected chi connectivity index (χ0v) is 10.4. The Kier molecular flexibility index (Phi) is 3.74. The van der Waals surface area contributed by atoms with Gasteiger partial charge in [-0.2, -0.15) is 0 Å². The Hall–Kier alpha value is -1.13. The van der Waals surface area contributed by atoms with Crippen LogP contribution in [-0.2, 0) is 4.74 Å². The Morgan fingerprint density at radius 3 is 3.00 bits per heavy atom. The number of fused-ring (bicyclic) bond motifs is 1. The van der Waals surface area contributed by atoms with E-state index in [1.807, 2.05) is 18.2 Å². The van der Waals surface area contributed by atoms with Crippen molar-refractivity contribution in [3.8, 4) is 0 Å². The van der Waals surface area contributed by atoms with Crippen molar-refractivity contribution in [2.45, 2.75) is 6.92 Å². The van der Waals surface area contributed by atoms with Gasteiger partial charge in [0.15, 0.2) is 5.13 Å². The third kappa shape index (κ3) is 2.71.